The SMILES string of the molecule is O=C(CC1(C(=O)O)CCC1)NCCS(=O)Cc1ccccc1. The maximum absolute atomic E-state index is 11.9. The number of carbonyl (C=O) groups is 2. The molecule has 1 aliphatic rings. The second-order valence-electron chi connectivity index (χ2n) is 5.74. The van der Waals surface area contributed by atoms with Crippen LogP contribution in [-0.2, 0) is 26.1 Å². The fourth-order valence-corrected chi connectivity index (χ4v) is 3.61. The number of aliphatic carboxylic acids is 1. The minimum absolute atomic E-state index is 0.0215. The highest BCUT2D eigenvalue weighted by molar-refractivity contribution is 7.84. The first-order valence-corrected chi connectivity index (χ1v) is 8.90. The topological polar surface area (TPSA) is 83.5 Å². The van der Waals surface area contributed by atoms with Gasteiger partial charge in [0.25, 0.3) is 0 Å². The molecule has 5 nitrogen and oxygen atoms in total. The number of rotatable bonds is 8. The first kappa shape index (κ1) is 16.7. The minimum atomic E-state index is -1.04. The molecule has 1 aliphatic carbocycles. The van der Waals surface area contributed by atoms with Gasteiger partial charge in [0.05, 0.1) is 5.41 Å². The van der Waals surface area contributed by atoms with Crippen LogP contribution in [0.1, 0.15) is 31.2 Å². The van der Waals surface area contributed by atoms with E-state index in [2.05, 4.69) is 5.32 Å². The average Bonchev–Trinajstić information content (AvgIpc) is 2.43. The summed E-state index contributed by atoms with van der Waals surface area (Å²) in [5.74, 6) is -0.309. The fourth-order valence-electron chi connectivity index (χ4n) is 2.58. The molecule has 1 atom stereocenters. The van der Waals surface area contributed by atoms with Crippen LogP contribution in [0.2, 0.25) is 0 Å². The maximum Gasteiger partial charge on any atom is 0.310 e. The summed E-state index contributed by atoms with van der Waals surface area (Å²) in [7, 11) is -1.04. The summed E-state index contributed by atoms with van der Waals surface area (Å²) in [4.78, 5) is 23.0. The lowest BCUT2D eigenvalue weighted by Crippen LogP contribution is -2.43. The van der Waals surface area contributed by atoms with Crippen LogP contribution in [0.25, 0.3) is 0 Å². The predicted molar refractivity (Wildman–Crippen MR) is 84.7 cm³/mol. The Hall–Kier alpha value is -1.69. The van der Waals surface area contributed by atoms with Crippen LogP contribution in [-0.4, -0.2) is 33.5 Å². The Morgan fingerprint density at radius 3 is 2.45 bits per heavy atom. The van der Waals surface area contributed by atoms with E-state index in [0.29, 0.717) is 30.9 Å². The molecule has 0 radical (unpaired) electrons. The Balaban J connectivity index is 1.69. The van der Waals surface area contributed by atoms with Crippen LogP contribution in [0, 0.1) is 5.41 Å². The van der Waals surface area contributed by atoms with Gasteiger partial charge >= 0.3 is 5.97 Å². The molecule has 2 N–H and O–H groups in total. The maximum atomic E-state index is 11.9. The van der Waals surface area contributed by atoms with Gasteiger partial charge < -0.3 is 10.4 Å². The summed E-state index contributed by atoms with van der Waals surface area (Å²) < 4.78 is 11.9. The van der Waals surface area contributed by atoms with Crippen molar-refractivity contribution in [1.82, 2.24) is 5.32 Å². The summed E-state index contributed by atoms with van der Waals surface area (Å²) in [6.07, 6.45) is 2.01. The Morgan fingerprint density at radius 2 is 1.91 bits per heavy atom. The molecule has 22 heavy (non-hydrogen) atoms. The van der Waals surface area contributed by atoms with Crippen molar-refractivity contribution in [1.29, 1.82) is 0 Å². The second-order valence-corrected chi connectivity index (χ2v) is 7.32. The van der Waals surface area contributed by atoms with E-state index in [0.717, 1.165) is 12.0 Å². The number of nitrogens with one attached hydrogen (secondary N) is 1. The van der Waals surface area contributed by atoms with Gasteiger partial charge in [-0.25, -0.2) is 0 Å². The highest BCUT2D eigenvalue weighted by Crippen LogP contribution is 2.44. The molecule has 0 aromatic heterocycles. The van der Waals surface area contributed by atoms with Crippen LogP contribution >= 0.6 is 0 Å². The first-order valence-electron chi connectivity index (χ1n) is 7.41. The highest BCUT2D eigenvalue weighted by atomic mass is 32.2. The Morgan fingerprint density at radius 1 is 1.23 bits per heavy atom. The molecular weight excluding hydrogens is 302 g/mol. The van der Waals surface area contributed by atoms with Gasteiger partial charge in [-0.2, -0.15) is 0 Å². The van der Waals surface area contributed by atoms with Crippen molar-refractivity contribution in [2.45, 2.75) is 31.4 Å². The third-order valence-corrected chi connectivity index (χ3v) is 5.40. The van der Waals surface area contributed by atoms with Gasteiger partial charge in [0.2, 0.25) is 5.91 Å². The zero-order valence-electron chi connectivity index (χ0n) is 12.4. The van der Waals surface area contributed by atoms with Gasteiger partial charge in [-0.3, -0.25) is 13.8 Å². The van der Waals surface area contributed by atoms with Crippen LogP contribution < -0.4 is 5.32 Å². The van der Waals surface area contributed by atoms with Crippen molar-refractivity contribution in [3.8, 4) is 0 Å². The Kier molecular flexibility index (Phi) is 5.71. The average molecular weight is 323 g/mol. The Bertz CT molecular complexity index is 555. The van der Waals surface area contributed by atoms with Gasteiger partial charge in [-0.05, 0) is 18.4 Å². The standard InChI is InChI=1S/C16H21NO4S/c18-14(11-16(15(19)20)7-4-8-16)17-9-10-22(21)12-13-5-2-1-3-6-13/h1-3,5-6H,4,7-12H2,(H,17,18)(H,19,20). The van der Waals surface area contributed by atoms with Crippen LogP contribution in [0.5, 0.6) is 0 Å². The molecule has 1 saturated carbocycles. The number of carboxylic acid groups (broad SMARTS) is 1. The van der Waals surface area contributed by atoms with Crippen molar-refractivity contribution in [3.05, 3.63) is 35.9 Å². The summed E-state index contributed by atoms with van der Waals surface area (Å²) in [6.45, 7) is 0.313. The van der Waals surface area contributed by atoms with Crippen LogP contribution in [0.4, 0.5) is 0 Å². The Labute approximate surface area is 132 Å². The molecule has 1 aromatic carbocycles. The van der Waals surface area contributed by atoms with Crippen molar-refractivity contribution < 1.29 is 18.9 Å². The van der Waals surface area contributed by atoms with E-state index in [9.17, 15) is 18.9 Å². The van der Waals surface area contributed by atoms with E-state index in [1.165, 1.54) is 0 Å². The zero-order chi connectivity index (χ0) is 16.0. The molecule has 0 heterocycles. The van der Waals surface area contributed by atoms with E-state index in [4.69, 9.17) is 0 Å². The van der Waals surface area contributed by atoms with E-state index in [-0.39, 0.29) is 12.3 Å². The quantitative estimate of drug-likeness (QED) is 0.763. The predicted octanol–water partition coefficient (Wildman–Crippen LogP) is 1.70. The third-order valence-electron chi connectivity index (χ3n) is 4.09. The summed E-state index contributed by atoms with van der Waals surface area (Å²) in [6, 6.07) is 9.55. The fraction of sp³-hybridized carbons (Fsp3) is 0.500. The number of benzene rings is 1. The molecule has 1 amide bonds. The van der Waals surface area contributed by atoms with Crippen LogP contribution in [0.15, 0.2) is 30.3 Å². The van der Waals surface area contributed by atoms with E-state index in [1.807, 2.05) is 30.3 Å². The van der Waals surface area contributed by atoms with Gasteiger partial charge in [0.1, 0.15) is 0 Å². The van der Waals surface area contributed by atoms with Crippen LogP contribution in [0.3, 0.4) is 0 Å². The molecular formula is C16H21NO4S. The molecule has 6 heteroatoms. The minimum Gasteiger partial charge on any atom is -0.481 e. The first-order chi connectivity index (χ1) is 10.5. The zero-order valence-corrected chi connectivity index (χ0v) is 13.2. The monoisotopic (exact) mass is 323 g/mol. The molecule has 120 valence electrons. The van der Waals surface area contributed by atoms with Crippen molar-refractivity contribution in [2.24, 2.45) is 5.41 Å². The second kappa shape index (κ2) is 7.54. The molecule has 1 aromatic rings. The lowest BCUT2D eigenvalue weighted by atomic mass is 9.66. The third kappa shape index (κ3) is 4.40. The van der Waals surface area contributed by atoms with Gasteiger partial charge in [-0.15, -0.1) is 0 Å². The van der Waals surface area contributed by atoms with Crippen molar-refractivity contribution in [2.75, 3.05) is 12.3 Å². The molecule has 0 bridgehead atoms. The molecule has 0 saturated heterocycles. The summed E-state index contributed by atoms with van der Waals surface area (Å²) in [5.41, 5.74) is 0.138. The van der Waals surface area contributed by atoms with Gasteiger partial charge in [0.15, 0.2) is 0 Å². The molecule has 1 unspecified atom stereocenters. The molecule has 2 rings (SSSR count). The van der Waals surface area contributed by atoms with Gasteiger partial charge in [-0.1, -0.05) is 36.8 Å². The lowest BCUT2D eigenvalue weighted by molar-refractivity contribution is -0.157. The lowest BCUT2D eigenvalue weighted by Gasteiger charge is -2.36. The number of hydrogen-bond acceptors (Lipinski definition) is 3. The number of hydrogen-bond donors (Lipinski definition) is 2. The van der Waals surface area contributed by atoms with E-state index >= 15 is 0 Å². The van der Waals surface area contributed by atoms with Gasteiger partial charge in [0, 0.05) is 35.3 Å². The number of amides is 1. The molecule has 0 spiro atoms. The molecule has 1 fully saturated rings. The molecule has 0 aliphatic heterocycles. The van der Waals surface area contributed by atoms with E-state index < -0.39 is 22.2 Å². The number of carbonyl (C=O) groups excluding carboxylic acids is 1. The van der Waals surface area contributed by atoms with Crippen molar-refractivity contribution in [3.63, 3.8) is 0 Å². The van der Waals surface area contributed by atoms with E-state index in [1.54, 1.807) is 0 Å². The highest BCUT2D eigenvalue weighted by Gasteiger charge is 2.45. The largest absolute Gasteiger partial charge is 0.481 e. The normalized spacial score (nSPS) is 17.3. The smallest absolute Gasteiger partial charge is 0.310 e. The summed E-state index contributed by atoms with van der Waals surface area (Å²) in [5, 5.41) is 11.9. The van der Waals surface area contributed by atoms with Crippen molar-refractivity contribution >= 4 is 22.7 Å². The summed E-state index contributed by atoms with van der Waals surface area (Å²) >= 11 is 0. The number of carboxylic acids is 1.